The number of nitrogens with zero attached hydrogens (tertiary/aromatic N) is 3. The van der Waals surface area contributed by atoms with Crippen molar-refractivity contribution in [2.45, 2.75) is 17.8 Å². The summed E-state index contributed by atoms with van der Waals surface area (Å²) in [5.74, 6) is 0.388. The normalized spacial score (nSPS) is 12.3. The highest BCUT2D eigenvalue weighted by Gasteiger charge is 2.31. The molecule has 0 amide bonds. The highest BCUT2D eigenvalue weighted by atomic mass is 35.5. The second-order valence-corrected chi connectivity index (χ2v) is 9.44. The van der Waals surface area contributed by atoms with Gasteiger partial charge in [-0.2, -0.15) is 13.2 Å². The monoisotopic (exact) mass is 476 g/mol. The van der Waals surface area contributed by atoms with E-state index in [1.165, 1.54) is 16.7 Å². The van der Waals surface area contributed by atoms with Crippen LogP contribution in [0.2, 0.25) is 5.02 Å². The maximum absolute atomic E-state index is 13.2. The summed E-state index contributed by atoms with van der Waals surface area (Å²) in [6.07, 6.45) is -4.27. The van der Waals surface area contributed by atoms with E-state index in [1.807, 2.05) is 0 Å². The number of sulfonamides is 1. The van der Waals surface area contributed by atoms with Gasteiger partial charge in [0, 0.05) is 11.3 Å². The molecule has 0 spiro atoms. The topological polar surface area (TPSA) is 90.9 Å². The van der Waals surface area contributed by atoms with Gasteiger partial charge in [0.1, 0.15) is 0 Å². The first kappa shape index (κ1) is 22.6. The Bertz CT molecular complexity index is 1150. The average molecular weight is 477 g/mol. The van der Waals surface area contributed by atoms with Crippen molar-refractivity contribution in [1.29, 1.82) is 0 Å². The molecular formula is C18H16ClF3N4O2S2. The molecule has 0 saturated carbocycles. The zero-order valence-corrected chi connectivity index (χ0v) is 17.7. The van der Waals surface area contributed by atoms with Gasteiger partial charge in [-0.25, -0.2) is 13.6 Å². The lowest BCUT2D eigenvalue weighted by Crippen LogP contribution is -2.16. The molecule has 6 nitrogen and oxygen atoms in total. The lowest BCUT2D eigenvalue weighted by Gasteiger charge is -2.13. The molecule has 0 unspecified atom stereocenters. The Labute approximate surface area is 180 Å². The summed E-state index contributed by atoms with van der Waals surface area (Å²) in [6, 6.07) is 11.6. The molecule has 0 fully saturated rings. The standard InChI is InChI=1S/C18H16ClF3N4O2S2/c19-15-8-2-1-7-14(15)16-24-25-17(29-9-4-10-30(23,27)28)26(16)13-6-3-5-12(11-13)18(20,21)22/h1-3,5-8,11H,4,9-10H2,(H2,23,27,28). The molecule has 0 aliphatic heterocycles. The second kappa shape index (κ2) is 8.96. The predicted octanol–water partition coefficient (Wildman–Crippen LogP) is 4.38. The maximum atomic E-state index is 13.2. The highest BCUT2D eigenvalue weighted by Crippen LogP contribution is 2.35. The number of rotatable bonds is 7. The first-order chi connectivity index (χ1) is 14.1. The number of nitrogens with two attached hydrogens (primary N) is 1. The van der Waals surface area contributed by atoms with Crippen molar-refractivity contribution >= 4 is 33.4 Å². The predicted molar refractivity (Wildman–Crippen MR) is 110 cm³/mol. The number of primary sulfonamides is 1. The Morgan fingerprint density at radius 2 is 1.83 bits per heavy atom. The van der Waals surface area contributed by atoms with Crippen LogP contribution in [0, 0.1) is 0 Å². The molecule has 0 aliphatic carbocycles. The van der Waals surface area contributed by atoms with Crippen LogP contribution in [0.4, 0.5) is 13.2 Å². The van der Waals surface area contributed by atoms with Gasteiger partial charge < -0.3 is 0 Å². The van der Waals surface area contributed by atoms with Crippen molar-refractivity contribution in [3.8, 4) is 17.1 Å². The van der Waals surface area contributed by atoms with Gasteiger partial charge in [0.25, 0.3) is 0 Å². The summed E-state index contributed by atoms with van der Waals surface area (Å²) in [5, 5.41) is 13.9. The van der Waals surface area contributed by atoms with E-state index in [1.54, 1.807) is 24.3 Å². The zero-order valence-electron chi connectivity index (χ0n) is 15.3. The Kier molecular flexibility index (Phi) is 6.75. The first-order valence-electron chi connectivity index (χ1n) is 8.57. The molecule has 160 valence electrons. The van der Waals surface area contributed by atoms with Crippen LogP contribution in [-0.2, 0) is 16.2 Å². The molecule has 0 radical (unpaired) electrons. The molecule has 0 atom stereocenters. The fraction of sp³-hybridized carbons (Fsp3) is 0.222. The molecule has 3 rings (SSSR count). The minimum Gasteiger partial charge on any atom is -0.270 e. The van der Waals surface area contributed by atoms with Gasteiger partial charge in [0.05, 0.1) is 22.0 Å². The molecule has 1 aromatic heterocycles. The molecule has 0 aliphatic rings. The maximum Gasteiger partial charge on any atom is 0.416 e. The third kappa shape index (κ3) is 5.54. The van der Waals surface area contributed by atoms with E-state index in [0.717, 1.165) is 23.9 Å². The number of aromatic nitrogens is 3. The van der Waals surface area contributed by atoms with E-state index in [2.05, 4.69) is 10.2 Å². The lowest BCUT2D eigenvalue weighted by molar-refractivity contribution is -0.137. The fourth-order valence-corrected chi connectivity index (χ4v) is 4.50. The second-order valence-electron chi connectivity index (χ2n) is 6.24. The number of benzene rings is 2. The summed E-state index contributed by atoms with van der Waals surface area (Å²) in [4.78, 5) is 0. The van der Waals surface area contributed by atoms with Gasteiger partial charge >= 0.3 is 6.18 Å². The number of halogens is 4. The van der Waals surface area contributed by atoms with Crippen molar-refractivity contribution in [2.75, 3.05) is 11.5 Å². The summed E-state index contributed by atoms with van der Waals surface area (Å²) < 4.78 is 63.3. The van der Waals surface area contributed by atoms with Gasteiger partial charge in [-0.05, 0) is 36.8 Å². The number of hydrogen-bond acceptors (Lipinski definition) is 5. The van der Waals surface area contributed by atoms with E-state index in [9.17, 15) is 21.6 Å². The summed E-state index contributed by atoms with van der Waals surface area (Å²) in [7, 11) is -3.60. The van der Waals surface area contributed by atoms with Crippen LogP contribution in [0.15, 0.2) is 53.7 Å². The van der Waals surface area contributed by atoms with Crippen molar-refractivity contribution < 1.29 is 21.6 Å². The van der Waals surface area contributed by atoms with Crippen molar-refractivity contribution in [3.63, 3.8) is 0 Å². The van der Waals surface area contributed by atoms with Crippen LogP contribution in [0.3, 0.4) is 0 Å². The van der Waals surface area contributed by atoms with Crippen LogP contribution in [0.1, 0.15) is 12.0 Å². The minimum absolute atomic E-state index is 0.207. The fourth-order valence-electron chi connectivity index (χ4n) is 2.66. The van der Waals surface area contributed by atoms with E-state index in [-0.39, 0.29) is 23.7 Å². The van der Waals surface area contributed by atoms with Crippen LogP contribution in [0.5, 0.6) is 0 Å². The molecule has 3 aromatic rings. The Hall–Kier alpha value is -2.08. The quantitative estimate of drug-likeness (QED) is 0.403. The van der Waals surface area contributed by atoms with Crippen molar-refractivity contribution in [1.82, 2.24) is 14.8 Å². The molecular weight excluding hydrogens is 461 g/mol. The summed E-state index contributed by atoms with van der Waals surface area (Å²) in [6.45, 7) is 0. The Morgan fingerprint density at radius 3 is 2.50 bits per heavy atom. The molecule has 12 heteroatoms. The largest absolute Gasteiger partial charge is 0.416 e. The van der Waals surface area contributed by atoms with Gasteiger partial charge in [-0.3, -0.25) is 4.57 Å². The molecule has 2 N–H and O–H groups in total. The number of thioether (sulfide) groups is 1. The summed E-state index contributed by atoms with van der Waals surface area (Å²) >= 11 is 7.42. The van der Waals surface area contributed by atoms with Gasteiger partial charge in [-0.1, -0.05) is 41.6 Å². The van der Waals surface area contributed by atoms with Crippen LogP contribution < -0.4 is 5.14 Å². The van der Waals surface area contributed by atoms with E-state index >= 15 is 0 Å². The lowest BCUT2D eigenvalue weighted by atomic mass is 10.1. The van der Waals surface area contributed by atoms with Gasteiger partial charge in [0.2, 0.25) is 10.0 Å². The molecule has 1 heterocycles. The third-order valence-corrected chi connectivity index (χ3v) is 6.19. The van der Waals surface area contributed by atoms with Crippen LogP contribution in [-0.4, -0.2) is 34.7 Å². The van der Waals surface area contributed by atoms with E-state index in [4.69, 9.17) is 16.7 Å². The van der Waals surface area contributed by atoms with Crippen molar-refractivity contribution in [2.24, 2.45) is 5.14 Å². The highest BCUT2D eigenvalue weighted by molar-refractivity contribution is 7.99. The number of alkyl halides is 3. The number of hydrogen-bond donors (Lipinski definition) is 1. The Balaban J connectivity index is 2.04. The Morgan fingerprint density at radius 1 is 1.10 bits per heavy atom. The SMILES string of the molecule is NS(=O)(=O)CCCSc1nnc(-c2ccccc2Cl)n1-c1cccc(C(F)(F)F)c1. The van der Waals surface area contributed by atoms with Gasteiger partial charge in [0.15, 0.2) is 11.0 Å². The van der Waals surface area contributed by atoms with E-state index < -0.39 is 21.8 Å². The molecule has 0 bridgehead atoms. The minimum atomic E-state index is -4.52. The third-order valence-electron chi connectivity index (χ3n) is 3.98. The molecule has 30 heavy (non-hydrogen) atoms. The first-order valence-corrected chi connectivity index (χ1v) is 11.7. The molecule has 0 saturated heterocycles. The van der Waals surface area contributed by atoms with Crippen LogP contribution >= 0.6 is 23.4 Å². The van der Waals surface area contributed by atoms with Crippen molar-refractivity contribution in [3.05, 3.63) is 59.1 Å². The van der Waals surface area contributed by atoms with Crippen LogP contribution in [0.25, 0.3) is 17.1 Å². The summed E-state index contributed by atoms with van der Waals surface area (Å²) in [5.41, 5.74) is -0.108. The zero-order chi connectivity index (χ0) is 21.9. The smallest absolute Gasteiger partial charge is 0.270 e. The molecule has 2 aromatic carbocycles. The van der Waals surface area contributed by atoms with Gasteiger partial charge in [-0.15, -0.1) is 10.2 Å². The van der Waals surface area contributed by atoms with E-state index in [0.29, 0.717) is 21.5 Å². The average Bonchev–Trinajstić information content (AvgIpc) is 3.08.